The van der Waals surface area contributed by atoms with E-state index in [0.717, 1.165) is 50.4 Å². The predicted octanol–water partition coefficient (Wildman–Crippen LogP) is 3.01. The van der Waals surface area contributed by atoms with Crippen molar-refractivity contribution in [2.45, 2.75) is 45.6 Å². The molecule has 27 heavy (non-hydrogen) atoms. The summed E-state index contributed by atoms with van der Waals surface area (Å²) < 4.78 is 2.25. The Hall–Kier alpha value is -2.14. The minimum Gasteiger partial charge on any atom is -0.342 e. The Labute approximate surface area is 163 Å². The highest BCUT2D eigenvalue weighted by molar-refractivity contribution is 5.79. The van der Waals surface area contributed by atoms with Crippen molar-refractivity contribution in [3.63, 3.8) is 0 Å². The Morgan fingerprint density at radius 3 is 2.89 bits per heavy atom. The van der Waals surface area contributed by atoms with Crippen LogP contribution in [0.3, 0.4) is 0 Å². The third-order valence-corrected chi connectivity index (χ3v) is 5.52. The smallest absolute Gasteiger partial charge is 0.227 e. The molecule has 3 rings (SSSR count). The van der Waals surface area contributed by atoms with Gasteiger partial charge in [-0.3, -0.25) is 4.79 Å². The zero-order chi connectivity index (χ0) is 19.4. The van der Waals surface area contributed by atoms with E-state index in [1.807, 2.05) is 11.1 Å². The van der Waals surface area contributed by atoms with Crippen LogP contribution in [0.2, 0.25) is 0 Å². The fraction of sp³-hybridized carbons (Fsp3) is 0.545. The van der Waals surface area contributed by atoms with Crippen molar-refractivity contribution in [2.75, 3.05) is 33.7 Å². The predicted molar refractivity (Wildman–Crippen MR) is 109 cm³/mol. The van der Waals surface area contributed by atoms with Crippen LogP contribution < -0.4 is 0 Å². The average molecular weight is 369 g/mol. The maximum Gasteiger partial charge on any atom is 0.227 e. The van der Waals surface area contributed by atoms with E-state index in [1.54, 1.807) is 0 Å². The van der Waals surface area contributed by atoms with Crippen molar-refractivity contribution in [2.24, 2.45) is 0 Å². The summed E-state index contributed by atoms with van der Waals surface area (Å²) in [5, 5.41) is 0. The summed E-state index contributed by atoms with van der Waals surface area (Å²) in [5.41, 5.74) is 3.55. The number of imidazole rings is 1. The number of rotatable bonds is 6. The third-order valence-electron chi connectivity index (χ3n) is 5.52. The summed E-state index contributed by atoms with van der Waals surface area (Å²) >= 11 is 0. The number of likely N-dealkylation sites (N-methyl/N-ethyl adjacent to an activating group) is 1. The SMILES string of the molecule is Cc1ccc(C)c(CC(=O)N2CCC[C@@H](c3nccn3CCN(C)C)C2)c1. The van der Waals surface area contributed by atoms with Gasteiger partial charge >= 0.3 is 0 Å². The first-order valence-corrected chi connectivity index (χ1v) is 9.93. The lowest BCUT2D eigenvalue weighted by atomic mass is 9.96. The van der Waals surface area contributed by atoms with Gasteiger partial charge in [0.05, 0.1) is 6.42 Å². The maximum atomic E-state index is 12.9. The fourth-order valence-electron chi connectivity index (χ4n) is 3.86. The molecule has 5 nitrogen and oxygen atoms in total. The van der Waals surface area contributed by atoms with E-state index >= 15 is 0 Å². The summed E-state index contributed by atoms with van der Waals surface area (Å²) in [4.78, 5) is 21.8. The van der Waals surface area contributed by atoms with Gasteiger partial charge in [-0.15, -0.1) is 0 Å². The number of piperidine rings is 1. The Kier molecular flexibility index (Phi) is 6.32. The zero-order valence-electron chi connectivity index (χ0n) is 17.1. The number of aryl methyl sites for hydroxylation is 2. The number of likely N-dealkylation sites (tertiary alicyclic amines) is 1. The fourth-order valence-corrected chi connectivity index (χ4v) is 3.86. The summed E-state index contributed by atoms with van der Waals surface area (Å²) in [6, 6.07) is 6.36. The normalized spacial score (nSPS) is 17.5. The van der Waals surface area contributed by atoms with Crippen molar-refractivity contribution in [1.29, 1.82) is 0 Å². The highest BCUT2D eigenvalue weighted by Gasteiger charge is 2.27. The topological polar surface area (TPSA) is 41.4 Å². The number of hydrogen-bond acceptors (Lipinski definition) is 3. The van der Waals surface area contributed by atoms with Gasteiger partial charge in [0, 0.05) is 44.5 Å². The summed E-state index contributed by atoms with van der Waals surface area (Å²) in [6.45, 7) is 7.74. The van der Waals surface area contributed by atoms with Crippen molar-refractivity contribution < 1.29 is 4.79 Å². The van der Waals surface area contributed by atoms with E-state index in [-0.39, 0.29) is 5.91 Å². The first kappa shape index (κ1) is 19.6. The number of benzene rings is 1. The van der Waals surface area contributed by atoms with Crippen LogP contribution in [0.4, 0.5) is 0 Å². The minimum atomic E-state index is 0.236. The molecule has 1 saturated heterocycles. The molecule has 2 heterocycles. The molecule has 0 unspecified atom stereocenters. The maximum absolute atomic E-state index is 12.9. The second kappa shape index (κ2) is 8.70. The van der Waals surface area contributed by atoms with Gasteiger partial charge in [0.25, 0.3) is 0 Å². The van der Waals surface area contributed by atoms with Crippen LogP contribution >= 0.6 is 0 Å². The van der Waals surface area contributed by atoms with Crippen LogP contribution in [0.25, 0.3) is 0 Å². The molecule has 1 aliphatic heterocycles. The van der Waals surface area contributed by atoms with E-state index in [9.17, 15) is 4.79 Å². The molecule has 0 radical (unpaired) electrons. The quantitative estimate of drug-likeness (QED) is 0.787. The molecule has 0 bridgehead atoms. The molecule has 0 spiro atoms. The highest BCUT2D eigenvalue weighted by atomic mass is 16.2. The number of aromatic nitrogens is 2. The van der Waals surface area contributed by atoms with Gasteiger partial charge in [0.15, 0.2) is 0 Å². The van der Waals surface area contributed by atoms with Crippen LogP contribution in [0.1, 0.15) is 41.3 Å². The van der Waals surface area contributed by atoms with E-state index in [2.05, 4.69) is 66.8 Å². The van der Waals surface area contributed by atoms with Crippen molar-refractivity contribution in [1.82, 2.24) is 19.4 Å². The Balaban J connectivity index is 1.66. The lowest BCUT2D eigenvalue weighted by Crippen LogP contribution is -2.40. The Bertz CT molecular complexity index is 780. The van der Waals surface area contributed by atoms with Crippen molar-refractivity contribution in [3.05, 3.63) is 53.1 Å². The van der Waals surface area contributed by atoms with Gasteiger partial charge in [-0.2, -0.15) is 0 Å². The first-order chi connectivity index (χ1) is 12.9. The van der Waals surface area contributed by atoms with E-state index in [1.165, 1.54) is 11.1 Å². The average Bonchev–Trinajstić information content (AvgIpc) is 3.12. The van der Waals surface area contributed by atoms with Crippen LogP contribution in [0.15, 0.2) is 30.6 Å². The van der Waals surface area contributed by atoms with E-state index in [0.29, 0.717) is 12.3 Å². The lowest BCUT2D eigenvalue weighted by molar-refractivity contribution is -0.131. The monoisotopic (exact) mass is 368 g/mol. The van der Waals surface area contributed by atoms with Crippen LogP contribution in [-0.2, 0) is 17.8 Å². The van der Waals surface area contributed by atoms with Crippen LogP contribution in [0, 0.1) is 13.8 Å². The molecule has 1 aromatic heterocycles. The van der Waals surface area contributed by atoms with Crippen LogP contribution in [-0.4, -0.2) is 59.0 Å². The summed E-state index contributed by atoms with van der Waals surface area (Å²) in [5.74, 6) is 1.69. The largest absolute Gasteiger partial charge is 0.342 e. The number of hydrogen-bond donors (Lipinski definition) is 0. The zero-order valence-corrected chi connectivity index (χ0v) is 17.1. The van der Waals surface area contributed by atoms with Gasteiger partial charge in [-0.25, -0.2) is 4.98 Å². The van der Waals surface area contributed by atoms with Gasteiger partial charge in [0.1, 0.15) is 5.82 Å². The van der Waals surface area contributed by atoms with Gasteiger partial charge in [-0.1, -0.05) is 23.8 Å². The van der Waals surface area contributed by atoms with E-state index < -0.39 is 0 Å². The second-order valence-corrected chi connectivity index (χ2v) is 8.07. The minimum absolute atomic E-state index is 0.236. The molecule has 1 fully saturated rings. The molecule has 1 atom stereocenters. The number of carbonyl (C=O) groups excluding carboxylic acids is 1. The number of amides is 1. The van der Waals surface area contributed by atoms with Gasteiger partial charge in [0.2, 0.25) is 5.91 Å². The number of carbonyl (C=O) groups is 1. The molecule has 146 valence electrons. The Morgan fingerprint density at radius 2 is 2.11 bits per heavy atom. The summed E-state index contributed by atoms with van der Waals surface area (Å²) in [6.07, 6.45) is 6.60. The lowest BCUT2D eigenvalue weighted by Gasteiger charge is -2.33. The first-order valence-electron chi connectivity index (χ1n) is 9.93. The molecule has 0 N–H and O–H groups in total. The highest BCUT2D eigenvalue weighted by Crippen LogP contribution is 2.26. The molecule has 0 saturated carbocycles. The van der Waals surface area contributed by atoms with E-state index in [4.69, 9.17) is 0 Å². The molecule has 0 aliphatic carbocycles. The molecule has 1 aliphatic rings. The van der Waals surface area contributed by atoms with Crippen LogP contribution in [0.5, 0.6) is 0 Å². The van der Waals surface area contributed by atoms with Crippen molar-refractivity contribution in [3.8, 4) is 0 Å². The van der Waals surface area contributed by atoms with Gasteiger partial charge in [-0.05, 0) is 51.9 Å². The molecule has 2 aromatic rings. The second-order valence-electron chi connectivity index (χ2n) is 8.07. The molecular weight excluding hydrogens is 336 g/mol. The Morgan fingerprint density at radius 1 is 1.30 bits per heavy atom. The molecule has 1 amide bonds. The summed E-state index contributed by atoms with van der Waals surface area (Å²) in [7, 11) is 4.18. The van der Waals surface area contributed by atoms with Crippen molar-refractivity contribution >= 4 is 5.91 Å². The van der Waals surface area contributed by atoms with Gasteiger partial charge < -0.3 is 14.4 Å². The number of nitrogens with zero attached hydrogens (tertiary/aromatic N) is 4. The molecule has 5 heteroatoms. The molecular formula is C22H32N4O. The molecule has 1 aromatic carbocycles. The third kappa shape index (κ3) is 4.98. The standard InChI is InChI=1S/C22H32N4O/c1-17-7-8-18(2)20(14-17)15-21(27)26-10-5-6-19(16-26)22-23-9-11-25(22)13-12-24(3)4/h7-9,11,14,19H,5-6,10,12-13,15-16H2,1-4H3/t19-/m1/s1.